The topological polar surface area (TPSA) is 49.4 Å². The van der Waals surface area contributed by atoms with E-state index in [1.54, 1.807) is 6.92 Å². The summed E-state index contributed by atoms with van der Waals surface area (Å²) in [6.07, 6.45) is 2.48. The fourth-order valence-corrected chi connectivity index (χ4v) is 4.87. The van der Waals surface area contributed by atoms with Crippen molar-refractivity contribution in [2.45, 2.75) is 44.6 Å². The van der Waals surface area contributed by atoms with E-state index in [4.69, 9.17) is 0 Å². The highest BCUT2D eigenvalue weighted by molar-refractivity contribution is 7.89. The van der Waals surface area contributed by atoms with E-state index in [1.165, 1.54) is 36.7 Å². The first-order valence-corrected chi connectivity index (χ1v) is 10.9. The van der Waals surface area contributed by atoms with Crippen molar-refractivity contribution in [1.29, 1.82) is 0 Å². The summed E-state index contributed by atoms with van der Waals surface area (Å²) < 4.78 is 41.3. The summed E-state index contributed by atoms with van der Waals surface area (Å²) in [6, 6.07) is 11.5. The minimum Gasteiger partial charge on any atom is -0.371 e. The highest BCUT2D eigenvalue weighted by Gasteiger charge is 2.20. The molecule has 1 saturated heterocycles. The quantitative estimate of drug-likeness (QED) is 0.823. The standard InChI is InChI=1S/C21H27FN2O2S/c1-15-5-4-12-24(14-15)19-8-6-18(7-9-19)17(3)23-27(25,26)20-10-11-21(22)16(2)13-20/h6-11,13,15,17,23H,4-5,12,14H2,1-3H3/t15-,17+/m0/s1. The number of hydrogen-bond acceptors (Lipinski definition) is 3. The summed E-state index contributed by atoms with van der Waals surface area (Å²) in [6.45, 7) is 7.76. The number of anilines is 1. The van der Waals surface area contributed by atoms with Gasteiger partial charge in [-0.2, -0.15) is 0 Å². The molecule has 0 spiro atoms. The van der Waals surface area contributed by atoms with Crippen LogP contribution in [0.3, 0.4) is 0 Å². The van der Waals surface area contributed by atoms with Gasteiger partial charge in [-0.3, -0.25) is 0 Å². The third-order valence-electron chi connectivity index (χ3n) is 5.19. The molecule has 1 aliphatic rings. The van der Waals surface area contributed by atoms with Crippen LogP contribution in [0.1, 0.15) is 43.9 Å². The van der Waals surface area contributed by atoms with Crippen LogP contribution in [0.4, 0.5) is 10.1 Å². The predicted octanol–water partition coefficient (Wildman–Crippen LogP) is 4.41. The summed E-state index contributed by atoms with van der Waals surface area (Å²) in [7, 11) is -3.71. The van der Waals surface area contributed by atoms with Gasteiger partial charge in [-0.05, 0) is 74.1 Å². The van der Waals surface area contributed by atoms with E-state index in [1.807, 2.05) is 19.1 Å². The molecule has 2 aromatic carbocycles. The average Bonchev–Trinajstić information content (AvgIpc) is 2.63. The summed E-state index contributed by atoms with van der Waals surface area (Å²) in [4.78, 5) is 2.46. The Bertz CT molecular complexity index is 897. The molecule has 3 rings (SSSR count). The highest BCUT2D eigenvalue weighted by Crippen LogP contribution is 2.25. The number of sulfonamides is 1. The van der Waals surface area contributed by atoms with Crippen molar-refractivity contribution in [3.63, 3.8) is 0 Å². The number of rotatable bonds is 5. The average molecular weight is 391 g/mol. The maximum atomic E-state index is 13.4. The van der Waals surface area contributed by atoms with E-state index in [0.29, 0.717) is 11.5 Å². The van der Waals surface area contributed by atoms with Gasteiger partial charge >= 0.3 is 0 Å². The molecule has 0 aliphatic carbocycles. The molecule has 0 amide bonds. The summed E-state index contributed by atoms with van der Waals surface area (Å²) in [5.74, 6) is 0.285. The Morgan fingerprint density at radius 1 is 1.19 bits per heavy atom. The first-order valence-electron chi connectivity index (χ1n) is 9.39. The van der Waals surface area contributed by atoms with Crippen LogP contribution < -0.4 is 9.62 Å². The van der Waals surface area contributed by atoms with Crippen molar-refractivity contribution in [3.8, 4) is 0 Å². The maximum Gasteiger partial charge on any atom is 0.241 e. The zero-order valence-corrected chi connectivity index (χ0v) is 16.9. The summed E-state index contributed by atoms with van der Waals surface area (Å²) in [5, 5.41) is 0. The second-order valence-electron chi connectivity index (χ2n) is 7.54. The largest absolute Gasteiger partial charge is 0.371 e. The van der Waals surface area contributed by atoms with Gasteiger partial charge in [-0.25, -0.2) is 17.5 Å². The number of piperidine rings is 1. The summed E-state index contributed by atoms with van der Waals surface area (Å²) >= 11 is 0. The van der Waals surface area contributed by atoms with Crippen LogP contribution in [0.25, 0.3) is 0 Å². The lowest BCUT2D eigenvalue weighted by Gasteiger charge is -2.33. The van der Waals surface area contributed by atoms with Crippen LogP contribution >= 0.6 is 0 Å². The van der Waals surface area contributed by atoms with E-state index in [2.05, 4.69) is 28.7 Å². The van der Waals surface area contributed by atoms with E-state index >= 15 is 0 Å². The second-order valence-corrected chi connectivity index (χ2v) is 9.25. The van der Waals surface area contributed by atoms with Crippen molar-refractivity contribution in [1.82, 2.24) is 4.72 Å². The SMILES string of the molecule is Cc1cc(S(=O)(=O)N[C@H](C)c2ccc(N3CCC[C@H](C)C3)cc2)ccc1F. The zero-order valence-electron chi connectivity index (χ0n) is 16.1. The van der Waals surface area contributed by atoms with Gasteiger partial charge in [0.2, 0.25) is 10.0 Å². The molecule has 0 aromatic heterocycles. The van der Waals surface area contributed by atoms with Crippen LogP contribution in [-0.2, 0) is 10.0 Å². The highest BCUT2D eigenvalue weighted by atomic mass is 32.2. The van der Waals surface area contributed by atoms with Gasteiger partial charge in [0.25, 0.3) is 0 Å². The first kappa shape index (κ1) is 19.8. The van der Waals surface area contributed by atoms with Gasteiger partial charge in [0.05, 0.1) is 4.90 Å². The van der Waals surface area contributed by atoms with Gasteiger partial charge in [0, 0.05) is 24.8 Å². The minimum absolute atomic E-state index is 0.0761. The van der Waals surface area contributed by atoms with Crippen molar-refractivity contribution >= 4 is 15.7 Å². The fraction of sp³-hybridized carbons (Fsp3) is 0.429. The Morgan fingerprint density at radius 2 is 1.89 bits per heavy atom. The summed E-state index contributed by atoms with van der Waals surface area (Å²) in [5.41, 5.74) is 2.38. The van der Waals surface area contributed by atoms with E-state index in [9.17, 15) is 12.8 Å². The Morgan fingerprint density at radius 3 is 2.52 bits per heavy atom. The van der Waals surface area contributed by atoms with Crippen LogP contribution in [0, 0.1) is 18.7 Å². The van der Waals surface area contributed by atoms with Crippen molar-refractivity contribution in [3.05, 3.63) is 59.4 Å². The number of benzene rings is 2. The molecule has 0 unspecified atom stereocenters. The van der Waals surface area contributed by atoms with Gasteiger partial charge in [0.15, 0.2) is 0 Å². The molecule has 2 aromatic rings. The lowest BCUT2D eigenvalue weighted by molar-refractivity contribution is 0.447. The normalized spacial score (nSPS) is 19.1. The number of aryl methyl sites for hydroxylation is 1. The first-order chi connectivity index (χ1) is 12.8. The molecule has 146 valence electrons. The lowest BCUT2D eigenvalue weighted by atomic mass is 9.99. The van der Waals surface area contributed by atoms with Crippen LogP contribution in [0.2, 0.25) is 0 Å². The number of halogens is 1. The minimum atomic E-state index is -3.71. The molecule has 4 nitrogen and oxygen atoms in total. The maximum absolute atomic E-state index is 13.4. The van der Waals surface area contributed by atoms with Gasteiger partial charge in [-0.1, -0.05) is 19.1 Å². The molecular weight excluding hydrogens is 363 g/mol. The third-order valence-corrected chi connectivity index (χ3v) is 6.73. The molecule has 0 saturated carbocycles. The molecule has 0 radical (unpaired) electrons. The molecule has 1 heterocycles. The zero-order chi connectivity index (χ0) is 19.6. The molecular formula is C21H27FN2O2S. The fourth-order valence-electron chi connectivity index (χ4n) is 3.55. The smallest absolute Gasteiger partial charge is 0.241 e. The third kappa shape index (κ3) is 4.68. The Balaban J connectivity index is 1.71. The van der Waals surface area contributed by atoms with Crippen LogP contribution in [0.15, 0.2) is 47.4 Å². The number of nitrogens with zero attached hydrogens (tertiary/aromatic N) is 1. The van der Waals surface area contributed by atoms with E-state index in [0.717, 1.165) is 18.7 Å². The monoisotopic (exact) mass is 390 g/mol. The number of nitrogens with one attached hydrogen (secondary N) is 1. The molecule has 1 fully saturated rings. The van der Waals surface area contributed by atoms with E-state index < -0.39 is 15.8 Å². The Kier molecular flexibility index (Phi) is 5.86. The van der Waals surface area contributed by atoms with Gasteiger partial charge in [0.1, 0.15) is 5.82 Å². The van der Waals surface area contributed by atoms with Gasteiger partial charge < -0.3 is 4.90 Å². The number of hydrogen-bond donors (Lipinski definition) is 1. The van der Waals surface area contributed by atoms with Crippen LogP contribution in [0.5, 0.6) is 0 Å². The van der Waals surface area contributed by atoms with E-state index in [-0.39, 0.29) is 10.9 Å². The molecule has 0 bridgehead atoms. The predicted molar refractivity (Wildman–Crippen MR) is 107 cm³/mol. The van der Waals surface area contributed by atoms with Crippen molar-refractivity contribution in [2.75, 3.05) is 18.0 Å². The molecule has 2 atom stereocenters. The molecule has 1 N–H and O–H groups in total. The lowest BCUT2D eigenvalue weighted by Crippen LogP contribution is -2.34. The van der Waals surface area contributed by atoms with Gasteiger partial charge in [-0.15, -0.1) is 0 Å². The molecule has 1 aliphatic heterocycles. The Labute approximate surface area is 161 Å². The van der Waals surface area contributed by atoms with Crippen molar-refractivity contribution in [2.24, 2.45) is 5.92 Å². The Hall–Kier alpha value is -1.92. The second kappa shape index (κ2) is 7.98. The molecule has 6 heteroatoms. The van der Waals surface area contributed by atoms with Crippen molar-refractivity contribution < 1.29 is 12.8 Å². The van der Waals surface area contributed by atoms with Crippen LogP contribution in [-0.4, -0.2) is 21.5 Å². The molecule has 27 heavy (non-hydrogen) atoms.